The summed E-state index contributed by atoms with van der Waals surface area (Å²) in [7, 11) is 0. The molecule has 33 heavy (non-hydrogen) atoms. The van der Waals surface area contributed by atoms with Gasteiger partial charge in [-0.15, -0.1) is 0 Å². The van der Waals surface area contributed by atoms with Gasteiger partial charge in [0.2, 0.25) is 5.95 Å². The van der Waals surface area contributed by atoms with Crippen LogP contribution in [0.2, 0.25) is 0 Å². The van der Waals surface area contributed by atoms with E-state index in [-0.39, 0.29) is 29.6 Å². The molecule has 0 radical (unpaired) electrons. The van der Waals surface area contributed by atoms with Crippen LogP contribution in [0.15, 0.2) is 88.8 Å². The largest absolute Gasteiger partial charge is 0.489 e. The first-order chi connectivity index (χ1) is 16.1. The molecule has 7 nitrogen and oxygen atoms in total. The van der Waals surface area contributed by atoms with Gasteiger partial charge in [0.25, 0.3) is 5.56 Å². The van der Waals surface area contributed by atoms with Crippen LogP contribution in [-0.4, -0.2) is 16.2 Å². The van der Waals surface area contributed by atoms with Gasteiger partial charge >= 0.3 is 0 Å². The molecular weight excluding hydrogens is 421 g/mol. The highest BCUT2D eigenvalue weighted by Gasteiger charge is 2.12. The van der Waals surface area contributed by atoms with Gasteiger partial charge in [0.1, 0.15) is 29.8 Å². The van der Waals surface area contributed by atoms with Gasteiger partial charge in [-0.3, -0.25) is 9.78 Å². The number of hydrogen-bond donors (Lipinski definition) is 2. The molecule has 0 fully saturated rings. The van der Waals surface area contributed by atoms with E-state index in [0.29, 0.717) is 11.3 Å². The fourth-order valence-electron chi connectivity index (χ4n) is 3.08. The second-order valence-corrected chi connectivity index (χ2v) is 6.93. The van der Waals surface area contributed by atoms with Crippen LogP contribution < -0.4 is 15.7 Å². The highest BCUT2D eigenvalue weighted by atomic mass is 19.1. The number of hydrogen-bond acceptors (Lipinski definition) is 6. The molecule has 1 aromatic heterocycles. The van der Waals surface area contributed by atoms with Crippen molar-refractivity contribution in [3.63, 3.8) is 0 Å². The van der Waals surface area contributed by atoms with Crippen molar-refractivity contribution in [2.45, 2.75) is 6.61 Å². The number of aromatic amines is 1. The van der Waals surface area contributed by atoms with E-state index in [0.717, 1.165) is 11.1 Å². The minimum absolute atomic E-state index is 0.0704. The molecular formula is C25H18FN5O2. The van der Waals surface area contributed by atoms with Crippen LogP contribution in [0.1, 0.15) is 16.7 Å². The standard InChI is InChI=1S/C25H18FN5O2/c26-20-10-12-21(13-11-20)33-16-19-9-5-4-8-18(19)15-28-31-25-29-23(17-6-2-1-3-7-17)22(14-27)24(32)30-25/h1-13,15H,16H2,(H2,29,30,31,32). The zero-order valence-corrected chi connectivity index (χ0v) is 17.3. The van der Waals surface area contributed by atoms with Gasteiger partial charge in [-0.25, -0.2) is 14.8 Å². The lowest BCUT2D eigenvalue weighted by atomic mass is 10.1. The van der Waals surface area contributed by atoms with E-state index in [4.69, 9.17) is 4.74 Å². The van der Waals surface area contributed by atoms with Gasteiger partial charge in [0, 0.05) is 11.1 Å². The van der Waals surface area contributed by atoms with Crippen LogP contribution >= 0.6 is 0 Å². The number of nitrogens with one attached hydrogen (secondary N) is 2. The number of rotatable bonds is 7. The second kappa shape index (κ2) is 10.0. The van der Waals surface area contributed by atoms with Crippen molar-refractivity contribution in [2.75, 3.05) is 5.43 Å². The molecule has 0 saturated carbocycles. The Kier molecular flexibility index (Phi) is 6.52. The molecule has 162 valence electrons. The lowest BCUT2D eigenvalue weighted by Gasteiger charge is -2.09. The van der Waals surface area contributed by atoms with Gasteiger partial charge in [-0.2, -0.15) is 10.4 Å². The topological polar surface area (TPSA) is 103 Å². The van der Waals surface area contributed by atoms with E-state index in [9.17, 15) is 14.4 Å². The van der Waals surface area contributed by atoms with Crippen molar-refractivity contribution in [3.05, 3.63) is 112 Å². The number of hydrazone groups is 1. The summed E-state index contributed by atoms with van der Waals surface area (Å²) in [5.74, 6) is 0.328. The number of halogens is 1. The molecule has 0 spiro atoms. The number of nitrogens with zero attached hydrogens (tertiary/aromatic N) is 3. The van der Waals surface area contributed by atoms with Crippen molar-refractivity contribution < 1.29 is 9.13 Å². The molecule has 1 heterocycles. The molecule has 0 amide bonds. The number of anilines is 1. The number of aromatic nitrogens is 2. The van der Waals surface area contributed by atoms with Gasteiger partial charge in [-0.1, -0.05) is 54.6 Å². The average molecular weight is 439 g/mol. The molecule has 4 aromatic rings. The molecule has 0 unspecified atom stereocenters. The lowest BCUT2D eigenvalue weighted by molar-refractivity contribution is 0.305. The highest BCUT2D eigenvalue weighted by molar-refractivity contribution is 5.82. The molecule has 8 heteroatoms. The van der Waals surface area contributed by atoms with E-state index in [1.54, 1.807) is 42.6 Å². The van der Waals surface area contributed by atoms with Gasteiger partial charge in [0.15, 0.2) is 0 Å². The van der Waals surface area contributed by atoms with Crippen molar-refractivity contribution in [2.24, 2.45) is 5.10 Å². The Balaban J connectivity index is 1.52. The summed E-state index contributed by atoms with van der Waals surface area (Å²) >= 11 is 0. The normalized spacial score (nSPS) is 10.7. The van der Waals surface area contributed by atoms with Crippen LogP contribution in [-0.2, 0) is 6.61 Å². The number of nitriles is 1. The van der Waals surface area contributed by atoms with Crippen LogP contribution in [0.4, 0.5) is 10.3 Å². The van der Waals surface area contributed by atoms with E-state index >= 15 is 0 Å². The van der Waals surface area contributed by atoms with Crippen molar-refractivity contribution in [3.8, 4) is 23.1 Å². The molecule has 0 aliphatic carbocycles. The predicted octanol–water partition coefficient (Wildman–Crippen LogP) is 4.47. The fraction of sp³-hybridized carbons (Fsp3) is 0.0400. The van der Waals surface area contributed by atoms with Crippen molar-refractivity contribution in [1.29, 1.82) is 5.26 Å². The van der Waals surface area contributed by atoms with Crippen molar-refractivity contribution in [1.82, 2.24) is 9.97 Å². The smallest absolute Gasteiger partial charge is 0.270 e. The maximum absolute atomic E-state index is 13.1. The predicted molar refractivity (Wildman–Crippen MR) is 123 cm³/mol. The van der Waals surface area contributed by atoms with Crippen LogP contribution in [0, 0.1) is 17.1 Å². The van der Waals surface area contributed by atoms with Gasteiger partial charge in [-0.05, 0) is 29.8 Å². The maximum atomic E-state index is 13.1. The third-order valence-corrected chi connectivity index (χ3v) is 4.72. The van der Waals surface area contributed by atoms with E-state index in [1.807, 2.05) is 36.4 Å². The molecule has 0 atom stereocenters. The average Bonchev–Trinajstić information content (AvgIpc) is 2.84. The summed E-state index contributed by atoms with van der Waals surface area (Å²) in [5.41, 5.74) is 4.65. The Morgan fingerprint density at radius 2 is 1.79 bits per heavy atom. The number of ether oxygens (including phenoxy) is 1. The van der Waals surface area contributed by atoms with Gasteiger partial charge in [0.05, 0.1) is 11.9 Å². The monoisotopic (exact) mass is 439 g/mol. The molecule has 0 saturated heterocycles. The minimum Gasteiger partial charge on any atom is -0.489 e. The molecule has 0 aliphatic rings. The molecule has 0 bridgehead atoms. The van der Waals surface area contributed by atoms with Crippen LogP contribution in [0.3, 0.4) is 0 Å². The van der Waals surface area contributed by atoms with Crippen LogP contribution in [0.25, 0.3) is 11.3 Å². The Morgan fingerprint density at radius 3 is 2.55 bits per heavy atom. The summed E-state index contributed by atoms with van der Waals surface area (Å²) in [6.45, 7) is 0.262. The highest BCUT2D eigenvalue weighted by Crippen LogP contribution is 2.19. The summed E-state index contributed by atoms with van der Waals surface area (Å²) in [6.07, 6.45) is 1.57. The quantitative estimate of drug-likeness (QED) is 0.327. The summed E-state index contributed by atoms with van der Waals surface area (Å²) in [4.78, 5) is 19.2. The maximum Gasteiger partial charge on any atom is 0.270 e. The first-order valence-electron chi connectivity index (χ1n) is 9.99. The summed E-state index contributed by atoms with van der Waals surface area (Å²) in [5, 5.41) is 13.5. The zero-order valence-electron chi connectivity index (χ0n) is 17.3. The molecule has 0 aliphatic heterocycles. The SMILES string of the molecule is N#Cc1c(-c2ccccc2)nc(NN=Cc2ccccc2COc2ccc(F)cc2)[nH]c1=O. The Bertz CT molecular complexity index is 1380. The molecule has 2 N–H and O–H groups in total. The van der Waals surface area contributed by atoms with E-state index < -0.39 is 5.56 Å². The third-order valence-electron chi connectivity index (χ3n) is 4.72. The number of H-pyrrole nitrogens is 1. The van der Waals surface area contributed by atoms with Crippen LogP contribution in [0.5, 0.6) is 5.75 Å². The third kappa shape index (κ3) is 5.29. The minimum atomic E-state index is -0.558. The van der Waals surface area contributed by atoms with Gasteiger partial charge < -0.3 is 4.74 Å². The Morgan fingerprint density at radius 1 is 1.06 bits per heavy atom. The first-order valence-corrected chi connectivity index (χ1v) is 9.99. The second-order valence-electron chi connectivity index (χ2n) is 6.93. The fourth-order valence-corrected chi connectivity index (χ4v) is 3.08. The van der Waals surface area contributed by atoms with E-state index in [2.05, 4.69) is 20.5 Å². The summed E-state index contributed by atoms with van der Waals surface area (Å²) < 4.78 is 18.8. The summed E-state index contributed by atoms with van der Waals surface area (Å²) in [6, 6.07) is 24.2. The number of benzene rings is 3. The lowest BCUT2D eigenvalue weighted by Crippen LogP contribution is -2.16. The van der Waals surface area contributed by atoms with E-state index in [1.165, 1.54) is 12.1 Å². The zero-order chi connectivity index (χ0) is 23.0. The molecule has 3 aromatic carbocycles. The van der Waals surface area contributed by atoms with Crippen molar-refractivity contribution >= 4 is 12.2 Å². The molecule has 4 rings (SSSR count). The first kappa shape index (κ1) is 21.5. The Hall–Kier alpha value is -4.77. The Labute approximate surface area is 188 Å².